The summed E-state index contributed by atoms with van der Waals surface area (Å²) in [6.45, 7) is 5.47. The third-order valence-corrected chi connectivity index (χ3v) is 3.74. The van der Waals surface area contributed by atoms with Gasteiger partial charge in [-0.15, -0.1) is 0 Å². The van der Waals surface area contributed by atoms with Crippen molar-refractivity contribution in [3.63, 3.8) is 0 Å². The zero-order chi connectivity index (χ0) is 11.9. The first-order valence-corrected chi connectivity index (χ1v) is 6.39. The van der Waals surface area contributed by atoms with Gasteiger partial charge in [-0.3, -0.25) is 0 Å². The predicted octanol–water partition coefficient (Wildman–Crippen LogP) is 2.87. The number of rotatable bonds is 1. The van der Waals surface area contributed by atoms with Gasteiger partial charge in [-0.05, 0) is 29.2 Å². The third kappa shape index (κ3) is 1.46. The van der Waals surface area contributed by atoms with E-state index >= 15 is 0 Å². The Morgan fingerprint density at radius 1 is 0.889 bits per heavy atom. The second-order valence-electron chi connectivity index (χ2n) is 4.83. The molecule has 0 spiro atoms. The van der Waals surface area contributed by atoms with E-state index in [1.807, 2.05) is 0 Å². The molecule has 2 aromatic rings. The van der Waals surface area contributed by atoms with Gasteiger partial charge in [0.15, 0.2) is 0 Å². The summed E-state index contributed by atoms with van der Waals surface area (Å²) in [6.07, 6.45) is 1.13. The van der Waals surface area contributed by atoms with Gasteiger partial charge in [-0.1, -0.05) is 42.5 Å². The first kappa shape index (κ1) is 10.2. The van der Waals surface area contributed by atoms with Gasteiger partial charge in [-0.2, -0.15) is 0 Å². The normalized spacial score (nSPS) is 17.9. The molecule has 18 heavy (non-hydrogen) atoms. The molecule has 0 amide bonds. The number of fused-ring (bicyclic) bond motifs is 2. The quantitative estimate of drug-likeness (QED) is 0.748. The number of benzene rings is 2. The van der Waals surface area contributed by atoms with Gasteiger partial charge in [0.05, 0.1) is 5.69 Å². The molecule has 0 aromatic heterocycles. The largest absolute Gasteiger partial charge is 0.304 e. The van der Waals surface area contributed by atoms with Crippen molar-refractivity contribution in [1.29, 1.82) is 0 Å². The molecule has 2 heterocycles. The van der Waals surface area contributed by atoms with E-state index in [2.05, 4.69) is 65.1 Å². The lowest BCUT2D eigenvalue weighted by molar-refractivity contribution is 0.336. The SMILES string of the molecule is [C]1c2ccccc2CN1N1CCc2ccccc21. The van der Waals surface area contributed by atoms with Crippen LogP contribution in [0.25, 0.3) is 0 Å². The molecule has 2 aliphatic rings. The summed E-state index contributed by atoms with van der Waals surface area (Å²) in [5.74, 6) is 0. The lowest BCUT2D eigenvalue weighted by Gasteiger charge is -2.29. The van der Waals surface area contributed by atoms with Gasteiger partial charge in [-0.25, -0.2) is 5.01 Å². The predicted molar refractivity (Wildman–Crippen MR) is 71.8 cm³/mol. The zero-order valence-electron chi connectivity index (χ0n) is 10.1. The van der Waals surface area contributed by atoms with Crippen LogP contribution in [-0.4, -0.2) is 11.6 Å². The summed E-state index contributed by atoms with van der Waals surface area (Å²) in [5, 5.41) is 4.56. The lowest BCUT2D eigenvalue weighted by Crippen LogP contribution is -2.36. The minimum absolute atomic E-state index is 0.935. The maximum Gasteiger partial charge on any atom is 0.119 e. The molecule has 0 unspecified atom stereocenters. The molecule has 0 saturated heterocycles. The molecule has 2 aliphatic heterocycles. The van der Waals surface area contributed by atoms with Crippen molar-refractivity contribution in [2.24, 2.45) is 0 Å². The van der Waals surface area contributed by atoms with Crippen LogP contribution in [0.4, 0.5) is 5.69 Å². The molecule has 0 aliphatic carbocycles. The number of anilines is 1. The maximum absolute atomic E-state index is 3.48. The molecule has 2 aromatic carbocycles. The molecule has 0 saturated carbocycles. The molecule has 0 bridgehead atoms. The highest BCUT2D eigenvalue weighted by Gasteiger charge is 2.29. The molecule has 2 nitrogen and oxygen atoms in total. The smallest absolute Gasteiger partial charge is 0.119 e. The van der Waals surface area contributed by atoms with Crippen LogP contribution in [0.15, 0.2) is 48.5 Å². The Morgan fingerprint density at radius 2 is 1.67 bits per heavy atom. The van der Waals surface area contributed by atoms with Crippen molar-refractivity contribution < 1.29 is 0 Å². The summed E-state index contributed by atoms with van der Waals surface area (Å²) in [4.78, 5) is 0. The van der Waals surface area contributed by atoms with Crippen LogP contribution in [0.2, 0.25) is 0 Å². The van der Waals surface area contributed by atoms with Crippen LogP contribution < -0.4 is 5.01 Å². The highest BCUT2D eigenvalue weighted by Crippen LogP contribution is 2.34. The molecule has 2 radical (unpaired) electrons. The van der Waals surface area contributed by atoms with Gasteiger partial charge >= 0.3 is 0 Å². The standard InChI is InChI=1S/C16H14N2/c1-2-7-15-12-17(11-14(15)6-1)18-10-9-13-5-3-4-8-16(13)18/h1-8H,9-11H2. The van der Waals surface area contributed by atoms with Crippen LogP contribution in [-0.2, 0) is 13.0 Å². The number of hydrogen-bond donors (Lipinski definition) is 0. The number of para-hydroxylation sites is 1. The van der Waals surface area contributed by atoms with Crippen LogP contribution >= 0.6 is 0 Å². The fourth-order valence-corrected chi connectivity index (χ4v) is 2.82. The minimum atomic E-state index is 0.935. The van der Waals surface area contributed by atoms with Crippen molar-refractivity contribution >= 4 is 5.69 Å². The van der Waals surface area contributed by atoms with Crippen molar-refractivity contribution in [1.82, 2.24) is 5.01 Å². The average Bonchev–Trinajstić information content (AvgIpc) is 3.02. The van der Waals surface area contributed by atoms with Crippen molar-refractivity contribution in [3.05, 3.63) is 71.8 Å². The molecule has 2 heteroatoms. The first-order chi connectivity index (χ1) is 8.92. The molecule has 0 N–H and O–H groups in total. The van der Waals surface area contributed by atoms with Crippen LogP contribution in [0, 0.1) is 6.54 Å². The van der Waals surface area contributed by atoms with Crippen molar-refractivity contribution in [2.45, 2.75) is 13.0 Å². The van der Waals surface area contributed by atoms with E-state index in [-0.39, 0.29) is 0 Å². The molecule has 4 rings (SSSR count). The van der Waals surface area contributed by atoms with E-state index in [0.717, 1.165) is 19.5 Å². The Morgan fingerprint density at radius 3 is 2.56 bits per heavy atom. The van der Waals surface area contributed by atoms with Crippen LogP contribution in [0.5, 0.6) is 0 Å². The molecule has 0 atom stereocenters. The van der Waals surface area contributed by atoms with E-state index in [4.69, 9.17) is 0 Å². The summed E-state index contributed by atoms with van der Waals surface area (Å²) < 4.78 is 0. The maximum atomic E-state index is 3.48. The van der Waals surface area contributed by atoms with Crippen molar-refractivity contribution in [2.75, 3.05) is 11.6 Å². The fraction of sp³-hybridized carbons (Fsp3) is 0.188. The zero-order valence-corrected chi connectivity index (χ0v) is 10.1. The van der Waals surface area contributed by atoms with Crippen molar-refractivity contribution in [3.8, 4) is 0 Å². The molecule has 0 fully saturated rings. The molecular formula is C16H14N2. The minimum Gasteiger partial charge on any atom is -0.304 e. The average molecular weight is 234 g/mol. The van der Waals surface area contributed by atoms with E-state index in [9.17, 15) is 0 Å². The van der Waals surface area contributed by atoms with Crippen LogP contribution in [0.3, 0.4) is 0 Å². The monoisotopic (exact) mass is 234 g/mol. The van der Waals surface area contributed by atoms with E-state index < -0.39 is 0 Å². The summed E-state index contributed by atoms with van der Waals surface area (Å²) in [7, 11) is 0. The van der Waals surface area contributed by atoms with Gasteiger partial charge in [0.2, 0.25) is 0 Å². The van der Waals surface area contributed by atoms with E-state index in [1.165, 1.54) is 22.4 Å². The highest BCUT2D eigenvalue weighted by molar-refractivity contribution is 5.58. The molecule has 88 valence electrons. The summed E-state index contributed by atoms with van der Waals surface area (Å²) in [5.41, 5.74) is 5.36. The summed E-state index contributed by atoms with van der Waals surface area (Å²) in [6, 6.07) is 17.2. The topological polar surface area (TPSA) is 6.48 Å². The van der Waals surface area contributed by atoms with Gasteiger partial charge in [0.25, 0.3) is 0 Å². The second-order valence-corrected chi connectivity index (χ2v) is 4.83. The molecular weight excluding hydrogens is 220 g/mol. The second kappa shape index (κ2) is 3.85. The fourth-order valence-electron chi connectivity index (χ4n) is 2.82. The van der Waals surface area contributed by atoms with Gasteiger partial charge in [0, 0.05) is 13.1 Å². The Hall–Kier alpha value is -1.80. The van der Waals surface area contributed by atoms with E-state index in [0.29, 0.717) is 0 Å². The Bertz CT molecular complexity index is 566. The number of hydrazine groups is 1. The first-order valence-electron chi connectivity index (χ1n) is 6.39. The lowest BCUT2D eigenvalue weighted by atomic mass is 10.1. The Balaban J connectivity index is 1.65. The Kier molecular flexibility index (Phi) is 2.17. The van der Waals surface area contributed by atoms with E-state index in [1.54, 1.807) is 0 Å². The van der Waals surface area contributed by atoms with Gasteiger partial charge < -0.3 is 5.01 Å². The van der Waals surface area contributed by atoms with Gasteiger partial charge in [0.1, 0.15) is 6.54 Å². The summed E-state index contributed by atoms with van der Waals surface area (Å²) >= 11 is 0. The van der Waals surface area contributed by atoms with Crippen LogP contribution in [0.1, 0.15) is 16.7 Å². The number of nitrogens with zero attached hydrogens (tertiary/aromatic N) is 2. The number of hydrogen-bond acceptors (Lipinski definition) is 2. The third-order valence-electron chi connectivity index (χ3n) is 3.74. The highest BCUT2D eigenvalue weighted by atomic mass is 15.6. The Labute approximate surface area is 107 Å².